The lowest BCUT2D eigenvalue weighted by atomic mass is 10.1. The van der Waals surface area contributed by atoms with Crippen LogP contribution in [0.4, 0.5) is 36.3 Å². The molecule has 4 aromatic rings. The summed E-state index contributed by atoms with van der Waals surface area (Å²) in [5.41, 5.74) is 1.62. The van der Waals surface area contributed by atoms with E-state index in [2.05, 4.69) is 30.6 Å². The number of hydrogen-bond donors (Lipinski definition) is 2. The van der Waals surface area contributed by atoms with Crippen molar-refractivity contribution in [3.63, 3.8) is 0 Å². The fourth-order valence-electron chi connectivity index (χ4n) is 4.53. The number of ether oxygens (including phenoxy) is 2. The molecule has 0 saturated carbocycles. The Hall–Kier alpha value is -4.52. The number of carbonyl (C=O) groups is 1. The number of rotatable bonds is 8. The smallest absolute Gasteiger partial charge is 0.420 e. The summed E-state index contributed by atoms with van der Waals surface area (Å²) >= 11 is 0. The summed E-state index contributed by atoms with van der Waals surface area (Å²) < 4.78 is 50.8. The molecule has 2 N–H and O–H groups in total. The fraction of sp³-hybridized carbons (Fsp3) is 0.321. The molecule has 0 radical (unpaired) electrons. The number of benzene rings is 2. The van der Waals surface area contributed by atoms with Crippen LogP contribution < -0.4 is 20.3 Å². The van der Waals surface area contributed by atoms with Gasteiger partial charge in [0.05, 0.1) is 25.0 Å². The third kappa shape index (κ3) is 6.30. The van der Waals surface area contributed by atoms with Crippen molar-refractivity contribution in [3.05, 3.63) is 65.6 Å². The highest BCUT2D eigenvalue weighted by Crippen LogP contribution is 2.38. The number of fused-ring (bicyclic) bond motifs is 1. The molecular weight excluding hydrogens is 539 g/mol. The SMILES string of the molecule is COc1ccc(NC(=O)c2ccc(C)c(Nc3ncnc4cnc(N(C)CC5CCCO5)nc34)c2)cc1C(F)(F)F. The van der Waals surface area contributed by atoms with E-state index in [-0.39, 0.29) is 23.1 Å². The van der Waals surface area contributed by atoms with Crippen LogP contribution in [-0.4, -0.2) is 59.3 Å². The molecule has 1 amide bonds. The van der Waals surface area contributed by atoms with Gasteiger partial charge in [-0.25, -0.2) is 19.9 Å². The summed E-state index contributed by atoms with van der Waals surface area (Å²) in [4.78, 5) is 32.7. The van der Waals surface area contributed by atoms with E-state index in [0.717, 1.165) is 44.3 Å². The Morgan fingerprint density at radius 1 is 1.17 bits per heavy atom. The van der Waals surface area contributed by atoms with Crippen LogP contribution in [0.3, 0.4) is 0 Å². The molecule has 0 bridgehead atoms. The van der Waals surface area contributed by atoms with E-state index >= 15 is 0 Å². The molecule has 1 fully saturated rings. The van der Waals surface area contributed by atoms with Crippen molar-refractivity contribution in [2.75, 3.05) is 42.8 Å². The number of nitrogens with zero attached hydrogens (tertiary/aromatic N) is 5. The van der Waals surface area contributed by atoms with Crippen molar-refractivity contribution >= 4 is 40.1 Å². The number of likely N-dealkylation sites (N-methyl/N-ethyl adjacent to an activating group) is 1. The lowest BCUT2D eigenvalue weighted by molar-refractivity contribution is -0.138. The van der Waals surface area contributed by atoms with Gasteiger partial charge in [0, 0.05) is 37.1 Å². The van der Waals surface area contributed by atoms with Gasteiger partial charge in [-0.1, -0.05) is 6.07 Å². The number of aromatic nitrogens is 4. The Labute approximate surface area is 233 Å². The van der Waals surface area contributed by atoms with Crippen LogP contribution in [0.2, 0.25) is 0 Å². The second-order valence-corrected chi connectivity index (χ2v) is 9.66. The molecule has 1 aliphatic rings. The van der Waals surface area contributed by atoms with E-state index in [4.69, 9.17) is 9.47 Å². The van der Waals surface area contributed by atoms with E-state index in [1.165, 1.54) is 12.4 Å². The van der Waals surface area contributed by atoms with Crippen LogP contribution in [0.15, 0.2) is 48.9 Å². The van der Waals surface area contributed by atoms with Gasteiger partial charge in [0.25, 0.3) is 5.91 Å². The molecule has 1 aliphatic heterocycles. The first kappa shape index (κ1) is 28.0. The summed E-state index contributed by atoms with van der Waals surface area (Å²) in [6, 6.07) is 8.26. The topological polar surface area (TPSA) is 114 Å². The van der Waals surface area contributed by atoms with Gasteiger partial charge in [0.15, 0.2) is 5.82 Å². The molecule has 2 aromatic heterocycles. The monoisotopic (exact) mass is 567 g/mol. The molecule has 1 atom stereocenters. The second-order valence-electron chi connectivity index (χ2n) is 9.66. The van der Waals surface area contributed by atoms with Crippen molar-refractivity contribution in [1.29, 1.82) is 0 Å². The van der Waals surface area contributed by atoms with Crippen molar-refractivity contribution in [3.8, 4) is 5.75 Å². The van der Waals surface area contributed by atoms with Gasteiger partial charge in [0.1, 0.15) is 23.1 Å². The van der Waals surface area contributed by atoms with Gasteiger partial charge in [0.2, 0.25) is 5.95 Å². The average Bonchev–Trinajstić information content (AvgIpc) is 3.46. The highest BCUT2D eigenvalue weighted by molar-refractivity contribution is 6.05. The number of carbonyl (C=O) groups excluding carboxylic acids is 1. The molecule has 1 saturated heterocycles. The molecule has 2 aromatic carbocycles. The van der Waals surface area contributed by atoms with Crippen molar-refractivity contribution in [2.45, 2.75) is 32.0 Å². The van der Waals surface area contributed by atoms with Gasteiger partial charge >= 0.3 is 6.18 Å². The highest BCUT2D eigenvalue weighted by Gasteiger charge is 2.34. The Kier molecular flexibility index (Phi) is 7.88. The summed E-state index contributed by atoms with van der Waals surface area (Å²) in [6.45, 7) is 3.25. The van der Waals surface area contributed by atoms with E-state index in [1.54, 1.807) is 24.4 Å². The van der Waals surface area contributed by atoms with Gasteiger partial charge < -0.3 is 25.0 Å². The number of amides is 1. The van der Waals surface area contributed by atoms with Gasteiger partial charge in [-0.05, 0) is 55.7 Å². The Bertz CT molecular complexity index is 1580. The number of nitrogens with one attached hydrogen (secondary N) is 2. The lowest BCUT2D eigenvalue weighted by Gasteiger charge is -2.21. The van der Waals surface area contributed by atoms with Crippen LogP contribution in [0.25, 0.3) is 11.0 Å². The molecule has 13 heteroatoms. The molecule has 10 nitrogen and oxygen atoms in total. The van der Waals surface area contributed by atoms with Crippen LogP contribution in [0.1, 0.15) is 34.3 Å². The normalized spacial score (nSPS) is 15.1. The van der Waals surface area contributed by atoms with Gasteiger partial charge in [-0.15, -0.1) is 0 Å². The average molecular weight is 568 g/mol. The molecular formula is C28H28F3N7O3. The highest BCUT2D eigenvalue weighted by atomic mass is 19.4. The van der Waals surface area contributed by atoms with E-state index in [9.17, 15) is 18.0 Å². The predicted octanol–water partition coefficient (Wildman–Crippen LogP) is 5.37. The molecule has 214 valence electrons. The largest absolute Gasteiger partial charge is 0.496 e. The molecule has 3 heterocycles. The summed E-state index contributed by atoms with van der Waals surface area (Å²) in [6.07, 6.45) is 0.506. The quantitative estimate of drug-likeness (QED) is 0.290. The zero-order valence-corrected chi connectivity index (χ0v) is 22.6. The molecule has 0 aliphatic carbocycles. The number of anilines is 4. The Morgan fingerprint density at radius 2 is 2.00 bits per heavy atom. The zero-order chi connectivity index (χ0) is 29.1. The van der Waals surface area contributed by atoms with Gasteiger partial charge in [-0.2, -0.15) is 13.2 Å². The molecule has 0 spiro atoms. The maximum Gasteiger partial charge on any atom is 0.420 e. The van der Waals surface area contributed by atoms with E-state index < -0.39 is 17.6 Å². The summed E-state index contributed by atoms with van der Waals surface area (Å²) in [7, 11) is 3.05. The van der Waals surface area contributed by atoms with Crippen LogP contribution in [-0.2, 0) is 10.9 Å². The van der Waals surface area contributed by atoms with Crippen LogP contribution in [0, 0.1) is 6.92 Å². The lowest BCUT2D eigenvalue weighted by Crippen LogP contribution is -2.29. The number of aryl methyl sites for hydroxylation is 1. The first-order chi connectivity index (χ1) is 19.6. The minimum Gasteiger partial charge on any atom is -0.496 e. The summed E-state index contributed by atoms with van der Waals surface area (Å²) in [5, 5.41) is 5.76. The van der Waals surface area contributed by atoms with E-state index in [1.807, 2.05) is 18.9 Å². The standard InChI is InChI=1S/C28H28F3N7O3/c1-16-6-7-17(26(39)35-18-8-9-23(40-3)20(12-18)28(29,30)31)11-21(16)36-25-24-22(33-15-34-25)13-32-27(37-24)38(2)14-19-5-4-10-41-19/h6-9,11-13,15,19H,4-5,10,14H2,1-3H3,(H,35,39)(H,33,34,36). The number of halogens is 3. The third-order valence-electron chi connectivity index (χ3n) is 6.72. The minimum absolute atomic E-state index is 0.0173. The molecule has 41 heavy (non-hydrogen) atoms. The molecule has 5 rings (SSSR count). The Balaban J connectivity index is 1.38. The first-order valence-electron chi connectivity index (χ1n) is 12.9. The fourth-order valence-corrected chi connectivity index (χ4v) is 4.53. The number of alkyl halides is 3. The first-order valence-corrected chi connectivity index (χ1v) is 12.9. The van der Waals surface area contributed by atoms with Crippen LogP contribution >= 0.6 is 0 Å². The van der Waals surface area contributed by atoms with Crippen molar-refractivity contribution < 1.29 is 27.4 Å². The Morgan fingerprint density at radius 3 is 2.73 bits per heavy atom. The molecule has 1 unspecified atom stereocenters. The summed E-state index contributed by atoms with van der Waals surface area (Å²) in [5.74, 6) is -0.0121. The maximum atomic E-state index is 13.4. The number of hydrogen-bond acceptors (Lipinski definition) is 9. The minimum atomic E-state index is -4.64. The number of methoxy groups -OCH3 is 1. The van der Waals surface area contributed by atoms with E-state index in [0.29, 0.717) is 35.0 Å². The predicted molar refractivity (Wildman–Crippen MR) is 148 cm³/mol. The zero-order valence-electron chi connectivity index (χ0n) is 22.6. The second kappa shape index (κ2) is 11.5. The van der Waals surface area contributed by atoms with Gasteiger partial charge in [-0.3, -0.25) is 4.79 Å². The van der Waals surface area contributed by atoms with Crippen molar-refractivity contribution in [2.24, 2.45) is 0 Å². The third-order valence-corrected chi connectivity index (χ3v) is 6.72. The van der Waals surface area contributed by atoms with Crippen molar-refractivity contribution in [1.82, 2.24) is 19.9 Å². The van der Waals surface area contributed by atoms with Crippen LogP contribution in [0.5, 0.6) is 5.75 Å². The maximum absolute atomic E-state index is 13.4.